The zero-order valence-corrected chi connectivity index (χ0v) is 17.2. The molecule has 1 aliphatic heterocycles. The maximum absolute atomic E-state index is 13.5. The first-order valence-corrected chi connectivity index (χ1v) is 10.0. The second-order valence-electron chi connectivity index (χ2n) is 7.44. The van der Waals surface area contributed by atoms with Gasteiger partial charge in [-0.2, -0.15) is 14.6 Å². The molecule has 1 aliphatic rings. The highest BCUT2D eigenvalue weighted by Gasteiger charge is 2.30. The molecule has 1 saturated heterocycles. The predicted octanol–water partition coefficient (Wildman–Crippen LogP) is 3.24. The molecule has 0 N–H and O–H groups in total. The van der Waals surface area contributed by atoms with Gasteiger partial charge in [-0.15, -0.1) is 0 Å². The van der Waals surface area contributed by atoms with Gasteiger partial charge < -0.3 is 14.4 Å². The van der Waals surface area contributed by atoms with Crippen LogP contribution >= 0.6 is 0 Å². The smallest absolute Gasteiger partial charge is 0.280 e. The second-order valence-corrected chi connectivity index (χ2v) is 7.44. The first-order valence-electron chi connectivity index (χ1n) is 10.0. The molecule has 10 heteroatoms. The topological polar surface area (TPSA) is 81.9 Å². The highest BCUT2D eigenvalue weighted by atomic mass is 19.3. The van der Waals surface area contributed by atoms with Gasteiger partial charge in [0.25, 0.3) is 18.1 Å². The van der Waals surface area contributed by atoms with E-state index in [-0.39, 0.29) is 23.3 Å². The molecule has 164 valence electrons. The van der Waals surface area contributed by atoms with Gasteiger partial charge in [-0.25, -0.2) is 13.8 Å². The number of carbonyl (C=O) groups excluding carboxylic acids is 1. The van der Waals surface area contributed by atoms with Gasteiger partial charge in [0.05, 0.1) is 12.8 Å². The van der Waals surface area contributed by atoms with Crippen LogP contribution in [-0.2, 0) is 4.79 Å². The molecule has 3 aromatic rings. The quantitative estimate of drug-likeness (QED) is 0.596. The van der Waals surface area contributed by atoms with Crippen LogP contribution in [0.3, 0.4) is 0 Å². The fraction of sp³-hybridized carbons (Fsp3) is 0.429. The lowest BCUT2D eigenvalue weighted by Gasteiger charge is -2.34. The van der Waals surface area contributed by atoms with Crippen molar-refractivity contribution in [2.45, 2.75) is 38.2 Å². The molecule has 1 aromatic carbocycles. The molecule has 8 nitrogen and oxygen atoms in total. The van der Waals surface area contributed by atoms with Crippen molar-refractivity contribution in [1.29, 1.82) is 0 Å². The zero-order chi connectivity index (χ0) is 22.0. The van der Waals surface area contributed by atoms with Gasteiger partial charge in [-0.1, -0.05) is 6.07 Å². The van der Waals surface area contributed by atoms with E-state index >= 15 is 0 Å². The van der Waals surface area contributed by atoms with Gasteiger partial charge in [-0.3, -0.25) is 4.79 Å². The van der Waals surface area contributed by atoms with E-state index in [1.54, 1.807) is 43.2 Å². The number of halogens is 2. The molecule has 0 radical (unpaired) electrons. The number of likely N-dealkylation sites (tertiary alicyclic amines) is 1. The number of amides is 1. The summed E-state index contributed by atoms with van der Waals surface area (Å²) in [4.78, 5) is 23.0. The van der Waals surface area contributed by atoms with Gasteiger partial charge in [0.15, 0.2) is 6.10 Å². The summed E-state index contributed by atoms with van der Waals surface area (Å²) in [6.45, 7) is 2.65. The summed E-state index contributed by atoms with van der Waals surface area (Å²) in [6.07, 6.45) is -0.717. The molecule has 3 heterocycles. The summed E-state index contributed by atoms with van der Waals surface area (Å²) in [5.41, 5.74) is 0.241. The lowest BCUT2D eigenvalue weighted by atomic mass is 9.93. The third-order valence-electron chi connectivity index (χ3n) is 5.38. The Balaban J connectivity index is 1.49. The summed E-state index contributed by atoms with van der Waals surface area (Å²) in [5.74, 6) is 0.978. The largest absolute Gasteiger partial charge is 0.497 e. The SMILES string of the molecule is COc1cccc(O[C@@H](C)C(=O)N2CCC[C@@H](c3cc(C(F)F)n4ncnc4n3)C2)c1. The van der Waals surface area contributed by atoms with Crippen LogP contribution in [0.25, 0.3) is 5.78 Å². The van der Waals surface area contributed by atoms with Crippen LogP contribution in [0.5, 0.6) is 11.5 Å². The Morgan fingerprint density at radius 3 is 2.84 bits per heavy atom. The van der Waals surface area contributed by atoms with Gasteiger partial charge in [0.2, 0.25) is 0 Å². The molecule has 4 rings (SSSR count). The van der Waals surface area contributed by atoms with Crippen molar-refractivity contribution in [3.63, 3.8) is 0 Å². The van der Waals surface area contributed by atoms with E-state index in [0.29, 0.717) is 30.3 Å². The Morgan fingerprint density at radius 1 is 1.26 bits per heavy atom. The van der Waals surface area contributed by atoms with Crippen molar-refractivity contribution in [1.82, 2.24) is 24.5 Å². The van der Waals surface area contributed by atoms with Crippen LogP contribution in [0, 0.1) is 0 Å². The summed E-state index contributed by atoms with van der Waals surface area (Å²) < 4.78 is 39.0. The number of benzene rings is 1. The van der Waals surface area contributed by atoms with Crippen molar-refractivity contribution >= 4 is 11.7 Å². The Morgan fingerprint density at radius 2 is 2.06 bits per heavy atom. The Labute approximate surface area is 177 Å². The highest BCUT2D eigenvalue weighted by Crippen LogP contribution is 2.29. The normalized spacial score (nSPS) is 17.7. The number of piperidine rings is 1. The second kappa shape index (κ2) is 8.83. The number of methoxy groups -OCH3 is 1. The average Bonchev–Trinajstić information content (AvgIpc) is 3.26. The van der Waals surface area contributed by atoms with E-state index in [9.17, 15) is 13.6 Å². The van der Waals surface area contributed by atoms with Gasteiger partial charge in [-0.05, 0) is 38.0 Å². The standard InChI is InChI=1S/C21H23F2N5O3/c1-13(31-16-7-3-6-15(9-16)30-2)20(29)27-8-4-5-14(11-27)17-10-18(19(22)23)28-21(26-17)24-12-25-28/h3,6-7,9-10,12-14,19H,4-5,8,11H2,1-2H3/t13-,14+/m0/s1. The molecule has 31 heavy (non-hydrogen) atoms. The average molecular weight is 431 g/mol. The molecule has 0 aliphatic carbocycles. The highest BCUT2D eigenvalue weighted by molar-refractivity contribution is 5.81. The minimum Gasteiger partial charge on any atom is -0.497 e. The maximum Gasteiger partial charge on any atom is 0.280 e. The van der Waals surface area contributed by atoms with Crippen LogP contribution in [0.1, 0.15) is 43.5 Å². The number of hydrogen-bond donors (Lipinski definition) is 0. The molecular formula is C21H23F2N5O3. The fourth-order valence-electron chi connectivity index (χ4n) is 3.82. The molecule has 0 spiro atoms. The lowest BCUT2D eigenvalue weighted by Crippen LogP contribution is -2.45. The van der Waals surface area contributed by atoms with Crippen LogP contribution in [-0.4, -0.2) is 56.7 Å². The van der Waals surface area contributed by atoms with Crippen molar-refractivity contribution in [3.8, 4) is 11.5 Å². The number of ether oxygens (including phenoxy) is 2. The van der Waals surface area contributed by atoms with Gasteiger partial charge in [0, 0.05) is 25.1 Å². The monoisotopic (exact) mass is 431 g/mol. The van der Waals surface area contributed by atoms with E-state index in [1.165, 1.54) is 12.4 Å². The summed E-state index contributed by atoms with van der Waals surface area (Å²) in [5, 5.41) is 3.82. The van der Waals surface area contributed by atoms with E-state index < -0.39 is 12.5 Å². The predicted molar refractivity (Wildman–Crippen MR) is 107 cm³/mol. The lowest BCUT2D eigenvalue weighted by molar-refractivity contribution is -0.139. The van der Waals surface area contributed by atoms with E-state index in [2.05, 4.69) is 15.1 Å². The molecule has 0 unspecified atom stereocenters. The molecule has 0 saturated carbocycles. The number of nitrogens with zero attached hydrogens (tertiary/aromatic N) is 5. The molecule has 1 fully saturated rings. The Bertz CT molecular complexity index is 1070. The van der Waals surface area contributed by atoms with Crippen molar-refractivity contribution < 1.29 is 23.0 Å². The molecular weight excluding hydrogens is 408 g/mol. The first kappa shape index (κ1) is 21.0. The van der Waals surface area contributed by atoms with E-state index in [0.717, 1.165) is 17.4 Å². The molecule has 0 bridgehead atoms. The van der Waals surface area contributed by atoms with Crippen molar-refractivity contribution in [3.05, 3.63) is 48.0 Å². The Hall–Kier alpha value is -3.30. The minimum atomic E-state index is -2.71. The summed E-state index contributed by atoms with van der Waals surface area (Å²) >= 11 is 0. The van der Waals surface area contributed by atoms with Crippen LogP contribution in [0.2, 0.25) is 0 Å². The van der Waals surface area contributed by atoms with E-state index in [1.807, 2.05) is 0 Å². The van der Waals surface area contributed by atoms with Crippen LogP contribution < -0.4 is 9.47 Å². The molecule has 2 atom stereocenters. The number of alkyl halides is 2. The zero-order valence-electron chi connectivity index (χ0n) is 17.2. The van der Waals surface area contributed by atoms with Gasteiger partial charge >= 0.3 is 0 Å². The number of aromatic nitrogens is 4. The minimum absolute atomic E-state index is 0.131. The number of rotatable bonds is 6. The number of fused-ring (bicyclic) bond motifs is 1. The van der Waals surface area contributed by atoms with Crippen molar-refractivity contribution in [2.24, 2.45) is 0 Å². The number of hydrogen-bond acceptors (Lipinski definition) is 6. The molecule has 1 amide bonds. The van der Waals surface area contributed by atoms with E-state index in [4.69, 9.17) is 9.47 Å². The molecule has 2 aromatic heterocycles. The number of carbonyl (C=O) groups is 1. The van der Waals surface area contributed by atoms with Crippen LogP contribution in [0.15, 0.2) is 36.7 Å². The van der Waals surface area contributed by atoms with Gasteiger partial charge in [0.1, 0.15) is 23.5 Å². The van der Waals surface area contributed by atoms with Crippen molar-refractivity contribution in [2.75, 3.05) is 20.2 Å². The maximum atomic E-state index is 13.5. The first-order chi connectivity index (χ1) is 15.0. The van der Waals surface area contributed by atoms with Crippen LogP contribution in [0.4, 0.5) is 8.78 Å². The third kappa shape index (κ3) is 4.42. The third-order valence-corrected chi connectivity index (χ3v) is 5.38. The Kier molecular flexibility index (Phi) is 5.97. The summed E-state index contributed by atoms with van der Waals surface area (Å²) in [7, 11) is 1.56. The fourth-order valence-corrected chi connectivity index (χ4v) is 3.82. The summed E-state index contributed by atoms with van der Waals surface area (Å²) in [6, 6.07) is 8.42.